The van der Waals surface area contributed by atoms with Crippen LogP contribution in [0.2, 0.25) is 0 Å². The van der Waals surface area contributed by atoms with E-state index in [2.05, 4.69) is 0 Å². The zero-order valence-electron chi connectivity index (χ0n) is 18.1. The first-order valence-electron chi connectivity index (χ1n) is 9.94. The lowest BCUT2D eigenvalue weighted by molar-refractivity contribution is 0.380. The summed E-state index contributed by atoms with van der Waals surface area (Å²) in [4.78, 5) is 0. The first-order valence-corrected chi connectivity index (χ1v) is 9.94. The molecule has 0 N–H and O–H groups in total. The maximum absolute atomic E-state index is 14.9. The largest absolute Gasteiger partial charge is 0.203 e. The molecule has 0 saturated heterocycles. The lowest BCUT2D eigenvalue weighted by atomic mass is 9.80. The van der Waals surface area contributed by atoms with Crippen LogP contribution in [0, 0.1) is 58.2 Å². The van der Waals surface area contributed by atoms with E-state index in [1.54, 1.807) is 13.8 Å². The van der Waals surface area contributed by atoms with Crippen molar-refractivity contribution in [1.29, 1.82) is 0 Å². The normalized spacial score (nSPS) is 11.8. The summed E-state index contributed by atoms with van der Waals surface area (Å²) in [7, 11) is 0. The minimum atomic E-state index is -2.47. The molecule has 0 aliphatic rings. The van der Waals surface area contributed by atoms with Crippen molar-refractivity contribution in [3.63, 3.8) is 0 Å². The van der Waals surface area contributed by atoms with E-state index in [0.29, 0.717) is 5.56 Å². The van der Waals surface area contributed by atoms with Gasteiger partial charge in [0.1, 0.15) is 0 Å². The molecule has 0 spiro atoms. The van der Waals surface area contributed by atoms with Crippen molar-refractivity contribution < 1.29 is 43.9 Å². The van der Waals surface area contributed by atoms with Gasteiger partial charge in [-0.3, -0.25) is 0 Å². The van der Waals surface area contributed by atoms with Gasteiger partial charge in [0.25, 0.3) is 0 Å². The number of benzene rings is 3. The number of halogens is 10. The van der Waals surface area contributed by atoms with Crippen molar-refractivity contribution in [2.75, 3.05) is 0 Å². The van der Waals surface area contributed by atoms with E-state index in [1.165, 1.54) is 19.9 Å². The second kappa shape index (κ2) is 8.96. The Bertz CT molecular complexity index is 1250. The molecular formula is C24H16F10. The van der Waals surface area contributed by atoms with Gasteiger partial charge in [0, 0.05) is 0 Å². The quantitative estimate of drug-likeness (QED) is 0.193. The average molecular weight is 494 g/mol. The Balaban J connectivity index is 2.68. The average Bonchev–Trinajstić information content (AvgIpc) is 2.79. The van der Waals surface area contributed by atoms with Gasteiger partial charge in [-0.1, -0.05) is 39.8 Å². The summed E-state index contributed by atoms with van der Waals surface area (Å²) in [5.74, 6) is -24.7. The SMILES string of the molecule is CC(C)c1ccc(-c2c(F)c(F)c(F)c(F)c2F)c(-c2c(F)c(F)c(F)c(F)c2F)c1C(C)C. The molecule has 0 fully saturated rings. The molecule has 0 aromatic heterocycles. The zero-order chi connectivity index (χ0) is 25.8. The lowest BCUT2D eigenvalue weighted by Gasteiger charge is -2.25. The van der Waals surface area contributed by atoms with Gasteiger partial charge < -0.3 is 0 Å². The molecule has 3 aromatic rings. The molecule has 3 rings (SSSR count). The standard InChI is InChI=1S/C24H16F10/c1-7(2)9-5-6-10(13-15(25)19(29)23(33)20(30)16(13)26)12(11(9)8(3)4)14-17(27)21(31)24(34)22(32)18(14)28/h5-8H,1-4H3. The van der Waals surface area contributed by atoms with Gasteiger partial charge >= 0.3 is 0 Å². The van der Waals surface area contributed by atoms with Gasteiger partial charge in [-0.25, -0.2) is 43.9 Å². The minimum absolute atomic E-state index is 0.0837. The monoisotopic (exact) mass is 494 g/mol. The van der Waals surface area contributed by atoms with Gasteiger partial charge in [-0.2, -0.15) is 0 Å². The Morgan fingerprint density at radius 1 is 0.412 bits per heavy atom. The number of hydrogen-bond donors (Lipinski definition) is 0. The van der Waals surface area contributed by atoms with Crippen LogP contribution in [0.3, 0.4) is 0 Å². The third-order valence-electron chi connectivity index (χ3n) is 5.42. The second-order valence-electron chi connectivity index (χ2n) is 8.19. The van der Waals surface area contributed by atoms with E-state index < -0.39 is 92.3 Å². The van der Waals surface area contributed by atoms with Crippen LogP contribution in [0.15, 0.2) is 12.1 Å². The summed E-state index contributed by atoms with van der Waals surface area (Å²) in [6.07, 6.45) is 0. The Morgan fingerprint density at radius 2 is 0.765 bits per heavy atom. The topological polar surface area (TPSA) is 0 Å². The lowest BCUT2D eigenvalue weighted by Crippen LogP contribution is -2.11. The highest BCUT2D eigenvalue weighted by Gasteiger charge is 2.34. The first kappa shape index (κ1) is 25.6. The molecule has 0 heterocycles. The van der Waals surface area contributed by atoms with Crippen molar-refractivity contribution in [2.24, 2.45) is 0 Å². The molecule has 0 bridgehead atoms. The molecule has 0 unspecified atom stereocenters. The van der Waals surface area contributed by atoms with Crippen LogP contribution in [0.1, 0.15) is 50.7 Å². The third-order valence-corrected chi connectivity index (χ3v) is 5.42. The van der Waals surface area contributed by atoms with Gasteiger partial charge in [0.2, 0.25) is 11.6 Å². The van der Waals surface area contributed by atoms with Gasteiger partial charge in [-0.15, -0.1) is 0 Å². The second-order valence-corrected chi connectivity index (χ2v) is 8.19. The highest BCUT2D eigenvalue weighted by Crippen LogP contribution is 2.46. The van der Waals surface area contributed by atoms with Gasteiger partial charge in [0.15, 0.2) is 46.5 Å². The van der Waals surface area contributed by atoms with Crippen molar-refractivity contribution in [2.45, 2.75) is 39.5 Å². The van der Waals surface area contributed by atoms with Gasteiger partial charge in [-0.05, 0) is 34.1 Å². The van der Waals surface area contributed by atoms with Crippen LogP contribution in [0.4, 0.5) is 43.9 Å². The minimum Gasteiger partial charge on any atom is -0.203 e. The first-order chi connectivity index (χ1) is 15.7. The van der Waals surface area contributed by atoms with Crippen LogP contribution in [-0.4, -0.2) is 0 Å². The van der Waals surface area contributed by atoms with Crippen LogP contribution in [-0.2, 0) is 0 Å². The molecule has 10 heteroatoms. The van der Waals surface area contributed by atoms with Crippen molar-refractivity contribution in [1.82, 2.24) is 0 Å². The fraction of sp³-hybridized carbons (Fsp3) is 0.250. The molecule has 0 amide bonds. The molecular weight excluding hydrogens is 478 g/mol. The summed E-state index contributed by atoms with van der Waals surface area (Å²) >= 11 is 0. The molecule has 0 aliphatic heterocycles. The van der Waals surface area contributed by atoms with E-state index in [0.717, 1.165) is 6.07 Å². The van der Waals surface area contributed by atoms with E-state index in [4.69, 9.17) is 0 Å². The fourth-order valence-electron chi connectivity index (χ4n) is 3.90. The summed E-state index contributed by atoms with van der Waals surface area (Å²) in [6.45, 7) is 6.20. The summed E-state index contributed by atoms with van der Waals surface area (Å²) in [5, 5.41) is 0. The van der Waals surface area contributed by atoms with Crippen molar-refractivity contribution in [3.8, 4) is 22.3 Å². The van der Waals surface area contributed by atoms with Crippen LogP contribution >= 0.6 is 0 Å². The van der Waals surface area contributed by atoms with Crippen LogP contribution in [0.5, 0.6) is 0 Å². The molecule has 182 valence electrons. The Morgan fingerprint density at radius 3 is 1.12 bits per heavy atom. The maximum Gasteiger partial charge on any atom is 0.200 e. The third kappa shape index (κ3) is 3.73. The summed E-state index contributed by atoms with van der Waals surface area (Å²) < 4.78 is 142. The predicted octanol–water partition coefficient (Wildman–Crippen LogP) is 8.66. The zero-order valence-corrected chi connectivity index (χ0v) is 18.1. The van der Waals surface area contributed by atoms with Crippen molar-refractivity contribution >= 4 is 0 Å². The Kier molecular flexibility index (Phi) is 6.74. The highest BCUT2D eigenvalue weighted by molar-refractivity contribution is 5.88. The predicted molar refractivity (Wildman–Crippen MR) is 105 cm³/mol. The maximum atomic E-state index is 14.9. The van der Waals surface area contributed by atoms with E-state index in [1.807, 2.05) is 0 Å². The molecule has 3 aromatic carbocycles. The number of hydrogen-bond acceptors (Lipinski definition) is 0. The van der Waals surface area contributed by atoms with Gasteiger partial charge in [0.05, 0.1) is 11.1 Å². The summed E-state index contributed by atoms with van der Waals surface area (Å²) in [6, 6.07) is 2.07. The summed E-state index contributed by atoms with van der Waals surface area (Å²) in [5.41, 5.74) is -4.67. The van der Waals surface area contributed by atoms with Crippen molar-refractivity contribution in [3.05, 3.63) is 81.4 Å². The van der Waals surface area contributed by atoms with E-state index >= 15 is 0 Å². The van der Waals surface area contributed by atoms with E-state index in [-0.39, 0.29) is 5.56 Å². The van der Waals surface area contributed by atoms with E-state index in [9.17, 15) is 43.9 Å². The van der Waals surface area contributed by atoms with Crippen LogP contribution < -0.4 is 0 Å². The smallest absolute Gasteiger partial charge is 0.200 e. The van der Waals surface area contributed by atoms with Crippen LogP contribution in [0.25, 0.3) is 22.3 Å². The highest BCUT2D eigenvalue weighted by atomic mass is 19.2. The number of rotatable bonds is 4. The molecule has 34 heavy (non-hydrogen) atoms. The molecule has 0 atom stereocenters. The Labute approximate surface area is 187 Å². The Hall–Kier alpha value is -3.04. The fourth-order valence-corrected chi connectivity index (χ4v) is 3.90. The molecule has 0 aliphatic carbocycles. The molecule has 0 radical (unpaired) electrons. The molecule has 0 nitrogen and oxygen atoms in total. The molecule has 0 saturated carbocycles.